The molecule has 0 bridgehead atoms. The summed E-state index contributed by atoms with van der Waals surface area (Å²) in [6, 6.07) is 4.53. The summed E-state index contributed by atoms with van der Waals surface area (Å²) in [7, 11) is 0. The van der Waals surface area contributed by atoms with E-state index in [0.717, 1.165) is 56.4 Å². The molecule has 1 N–H and O–H groups in total. The van der Waals surface area contributed by atoms with Gasteiger partial charge in [-0.15, -0.1) is 0 Å². The number of rotatable bonds is 5. The molecule has 1 aromatic carbocycles. The number of benzene rings is 1. The zero-order chi connectivity index (χ0) is 16.7. The molecule has 3 nitrogen and oxygen atoms in total. The summed E-state index contributed by atoms with van der Waals surface area (Å²) in [5.74, 6) is -0.585. The van der Waals surface area contributed by atoms with E-state index >= 15 is 0 Å². The first-order valence-corrected chi connectivity index (χ1v) is 9.09. The lowest BCUT2D eigenvalue weighted by molar-refractivity contribution is -0.133. The Morgan fingerprint density at radius 2 is 1.88 bits per heavy atom. The van der Waals surface area contributed by atoms with E-state index < -0.39 is 11.6 Å². The van der Waals surface area contributed by atoms with Crippen LogP contribution in [0.15, 0.2) is 18.2 Å². The van der Waals surface area contributed by atoms with Gasteiger partial charge in [0.05, 0.1) is 0 Å². The molecule has 3 fully saturated rings. The second-order valence-electron chi connectivity index (χ2n) is 7.57. The SMILES string of the molecule is O=C(C1CC1c1ccc(F)c(F)c1)N1CCC(NCC2CC2)CC1. The maximum atomic E-state index is 13.3. The lowest BCUT2D eigenvalue weighted by atomic mass is 10.0. The number of carbonyl (C=O) groups excluding carboxylic acids is 1. The Kier molecular flexibility index (Phi) is 4.29. The zero-order valence-electron chi connectivity index (χ0n) is 13.8. The number of hydrogen-bond donors (Lipinski definition) is 1. The third-order valence-electron chi connectivity index (χ3n) is 5.68. The highest BCUT2D eigenvalue weighted by atomic mass is 19.2. The molecule has 5 heteroatoms. The van der Waals surface area contributed by atoms with Gasteiger partial charge >= 0.3 is 0 Å². The van der Waals surface area contributed by atoms with Crippen LogP contribution in [0.4, 0.5) is 8.78 Å². The van der Waals surface area contributed by atoms with Crippen molar-refractivity contribution >= 4 is 5.91 Å². The second-order valence-corrected chi connectivity index (χ2v) is 7.57. The lowest BCUT2D eigenvalue weighted by Gasteiger charge is -2.33. The van der Waals surface area contributed by atoms with Crippen molar-refractivity contribution in [2.75, 3.05) is 19.6 Å². The second kappa shape index (κ2) is 6.43. The van der Waals surface area contributed by atoms with Crippen LogP contribution in [0, 0.1) is 23.5 Å². The molecule has 1 aromatic rings. The number of nitrogens with zero attached hydrogens (tertiary/aromatic N) is 1. The average molecular weight is 334 g/mol. The molecule has 0 aromatic heterocycles. The van der Waals surface area contributed by atoms with Gasteiger partial charge in [0.15, 0.2) is 11.6 Å². The first-order chi connectivity index (χ1) is 11.6. The summed E-state index contributed by atoms with van der Waals surface area (Å²) in [4.78, 5) is 14.6. The zero-order valence-corrected chi connectivity index (χ0v) is 13.8. The van der Waals surface area contributed by atoms with E-state index in [-0.39, 0.29) is 17.7 Å². The van der Waals surface area contributed by atoms with Crippen LogP contribution >= 0.6 is 0 Å². The van der Waals surface area contributed by atoms with Gasteiger partial charge in [0.2, 0.25) is 5.91 Å². The normalized spacial score (nSPS) is 27.3. The summed E-state index contributed by atoms with van der Waals surface area (Å²) in [6.07, 6.45) is 5.50. The van der Waals surface area contributed by atoms with Crippen molar-refractivity contribution < 1.29 is 13.6 Å². The highest BCUT2D eigenvalue weighted by molar-refractivity contribution is 5.83. The lowest BCUT2D eigenvalue weighted by Crippen LogP contribution is -2.46. The van der Waals surface area contributed by atoms with Gasteiger partial charge in [0.1, 0.15) is 0 Å². The smallest absolute Gasteiger partial charge is 0.226 e. The van der Waals surface area contributed by atoms with E-state index in [2.05, 4.69) is 5.32 Å². The third-order valence-corrected chi connectivity index (χ3v) is 5.68. The summed E-state index contributed by atoms with van der Waals surface area (Å²) >= 11 is 0. The van der Waals surface area contributed by atoms with E-state index in [4.69, 9.17) is 0 Å². The van der Waals surface area contributed by atoms with Gasteiger partial charge in [-0.05, 0) is 68.2 Å². The fraction of sp³-hybridized carbons (Fsp3) is 0.632. The molecular formula is C19H24F2N2O. The molecular weight excluding hydrogens is 310 g/mol. The summed E-state index contributed by atoms with van der Waals surface area (Å²) in [5.41, 5.74) is 0.744. The Balaban J connectivity index is 1.27. The fourth-order valence-corrected chi connectivity index (χ4v) is 3.77. The van der Waals surface area contributed by atoms with Crippen molar-refractivity contribution in [1.82, 2.24) is 10.2 Å². The van der Waals surface area contributed by atoms with Crippen LogP contribution in [0.2, 0.25) is 0 Å². The quantitative estimate of drug-likeness (QED) is 0.898. The highest BCUT2D eigenvalue weighted by Crippen LogP contribution is 2.48. The van der Waals surface area contributed by atoms with E-state index in [1.165, 1.54) is 18.9 Å². The number of piperidine rings is 1. The van der Waals surface area contributed by atoms with Crippen molar-refractivity contribution in [3.63, 3.8) is 0 Å². The van der Waals surface area contributed by atoms with Gasteiger partial charge in [-0.2, -0.15) is 0 Å². The molecule has 0 spiro atoms. The van der Waals surface area contributed by atoms with Crippen molar-refractivity contribution in [3.05, 3.63) is 35.4 Å². The van der Waals surface area contributed by atoms with Crippen molar-refractivity contribution in [2.24, 2.45) is 11.8 Å². The Labute approximate surface area is 141 Å². The van der Waals surface area contributed by atoms with Gasteiger partial charge in [0.25, 0.3) is 0 Å². The van der Waals surface area contributed by atoms with E-state index in [9.17, 15) is 13.6 Å². The Morgan fingerprint density at radius 3 is 2.54 bits per heavy atom. The molecule has 1 heterocycles. The monoisotopic (exact) mass is 334 g/mol. The molecule has 1 saturated heterocycles. The number of nitrogens with one attached hydrogen (secondary N) is 1. The summed E-state index contributed by atoms with van der Waals surface area (Å²) < 4.78 is 26.4. The molecule has 130 valence electrons. The minimum absolute atomic E-state index is 0.0502. The summed E-state index contributed by atoms with van der Waals surface area (Å²) in [6.45, 7) is 2.74. The standard InChI is InChI=1S/C19H24F2N2O/c20-17-4-3-13(9-18(17)21)15-10-16(15)19(24)23-7-5-14(6-8-23)22-11-12-1-2-12/h3-4,9,12,14-16,22H,1-2,5-8,10-11H2. The molecule has 2 atom stereocenters. The first-order valence-electron chi connectivity index (χ1n) is 9.09. The molecule has 0 radical (unpaired) electrons. The molecule has 1 amide bonds. The highest BCUT2D eigenvalue weighted by Gasteiger charge is 2.46. The predicted molar refractivity (Wildman–Crippen MR) is 87.5 cm³/mol. The van der Waals surface area contributed by atoms with Crippen molar-refractivity contribution in [3.8, 4) is 0 Å². The maximum absolute atomic E-state index is 13.3. The van der Waals surface area contributed by atoms with Crippen LogP contribution in [0.5, 0.6) is 0 Å². The van der Waals surface area contributed by atoms with Crippen LogP contribution in [-0.2, 0) is 4.79 Å². The molecule has 24 heavy (non-hydrogen) atoms. The van der Waals surface area contributed by atoms with Gasteiger partial charge in [-0.3, -0.25) is 4.79 Å². The van der Waals surface area contributed by atoms with Gasteiger partial charge in [0, 0.05) is 25.0 Å². The average Bonchev–Trinajstić information content (AvgIpc) is 3.49. The van der Waals surface area contributed by atoms with E-state index in [0.29, 0.717) is 6.04 Å². The first kappa shape index (κ1) is 16.0. The predicted octanol–water partition coefficient (Wildman–Crippen LogP) is 3.06. The van der Waals surface area contributed by atoms with Gasteiger partial charge in [-0.1, -0.05) is 6.07 Å². The number of amides is 1. The number of carbonyl (C=O) groups is 1. The molecule has 4 rings (SSSR count). The molecule has 2 aliphatic carbocycles. The van der Waals surface area contributed by atoms with Gasteiger partial charge in [-0.25, -0.2) is 8.78 Å². The molecule has 1 aliphatic heterocycles. The Morgan fingerprint density at radius 1 is 1.12 bits per heavy atom. The summed E-state index contributed by atoms with van der Waals surface area (Å²) in [5, 5.41) is 3.62. The molecule has 2 saturated carbocycles. The van der Waals surface area contributed by atoms with Crippen molar-refractivity contribution in [1.29, 1.82) is 0 Å². The van der Waals surface area contributed by atoms with Crippen LogP contribution in [-0.4, -0.2) is 36.5 Å². The fourth-order valence-electron chi connectivity index (χ4n) is 3.77. The number of likely N-dealkylation sites (tertiary alicyclic amines) is 1. The molecule has 2 unspecified atom stereocenters. The largest absolute Gasteiger partial charge is 0.342 e. The Hall–Kier alpha value is -1.49. The van der Waals surface area contributed by atoms with E-state index in [1.54, 1.807) is 6.07 Å². The van der Waals surface area contributed by atoms with Crippen LogP contribution in [0.3, 0.4) is 0 Å². The van der Waals surface area contributed by atoms with Crippen LogP contribution in [0.25, 0.3) is 0 Å². The third kappa shape index (κ3) is 3.46. The van der Waals surface area contributed by atoms with Crippen LogP contribution < -0.4 is 5.32 Å². The Bertz CT molecular complexity index is 624. The minimum Gasteiger partial charge on any atom is -0.342 e. The van der Waals surface area contributed by atoms with Crippen molar-refractivity contribution in [2.45, 2.75) is 44.1 Å². The minimum atomic E-state index is -0.831. The van der Waals surface area contributed by atoms with E-state index in [1.807, 2.05) is 4.90 Å². The molecule has 3 aliphatic rings. The number of hydrogen-bond acceptors (Lipinski definition) is 2. The van der Waals surface area contributed by atoms with Crippen LogP contribution in [0.1, 0.15) is 43.6 Å². The topological polar surface area (TPSA) is 32.3 Å². The van der Waals surface area contributed by atoms with Gasteiger partial charge < -0.3 is 10.2 Å². The number of halogens is 2. The maximum Gasteiger partial charge on any atom is 0.226 e.